The summed E-state index contributed by atoms with van der Waals surface area (Å²) in [5.41, 5.74) is 1.03. The SMILES string of the molecule is Cc1ccc(S(=O)(=O)c2nc(C)sc2N2CCOCC2)cc1. The van der Waals surface area contributed by atoms with Gasteiger partial charge in [-0.05, 0) is 26.0 Å². The van der Waals surface area contributed by atoms with Crippen molar-refractivity contribution in [2.45, 2.75) is 23.8 Å². The fourth-order valence-electron chi connectivity index (χ4n) is 2.37. The molecule has 2 heterocycles. The summed E-state index contributed by atoms with van der Waals surface area (Å²) in [5.74, 6) is 0. The highest BCUT2D eigenvalue weighted by Gasteiger charge is 2.29. The van der Waals surface area contributed by atoms with Gasteiger partial charge in [0.25, 0.3) is 0 Å². The molecule has 0 aliphatic carbocycles. The summed E-state index contributed by atoms with van der Waals surface area (Å²) in [5, 5.41) is 1.65. The van der Waals surface area contributed by atoms with Gasteiger partial charge in [-0.2, -0.15) is 0 Å². The van der Waals surface area contributed by atoms with E-state index >= 15 is 0 Å². The molecule has 22 heavy (non-hydrogen) atoms. The number of hydrogen-bond donors (Lipinski definition) is 0. The average Bonchev–Trinajstić information content (AvgIpc) is 2.91. The molecular formula is C15H18N2O3S2. The maximum Gasteiger partial charge on any atom is 0.226 e. The minimum atomic E-state index is -3.60. The molecule has 1 fully saturated rings. The van der Waals surface area contributed by atoms with E-state index < -0.39 is 9.84 Å². The summed E-state index contributed by atoms with van der Waals surface area (Å²) in [6.07, 6.45) is 0. The van der Waals surface area contributed by atoms with Crippen LogP contribution >= 0.6 is 11.3 Å². The number of hydrogen-bond acceptors (Lipinski definition) is 6. The van der Waals surface area contributed by atoms with Gasteiger partial charge in [-0.15, -0.1) is 11.3 Å². The van der Waals surface area contributed by atoms with Crippen molar-refractivity contribution < 1.29 is 13.2 Å². The average molecular weight is 338 g/mol. The van der Waals surface area contributed by atoms with E-state index in [9.17, 15) is 8.42 Å². The van der Waals surface area contributed by atoms with E-state index in [-0.39, 0.29) is 9.92 Å². The molecule has 0 saturated carbocycles. The van der Waals surface area contributed by atoms with Gasteiger partial charge >= 0.3 is 0 Å². The minimum Gasteiger partial charge on any atom is -0.378 e. The number of nitrogens with zero attached hydrogens (tertiary/aromatic N) is 2. The third-order valence-electron chi connectivity index (χ3n) is 3.57. The number of ether oxygens (including phenoxy) is 1. The van der Waals surface area contributed by atoms with Crippen molar-refractivity contribution >= 4 is 26.2 Å². The number of aromatic nitrogens is 1. The molecule has 0 amide bonds. The lowest BCUT2D eigenvalue weighted by atomic mass is 10.2. The fraction of sp³-hybridized carbons (Fsp3) is 0.400. The van der Waals surface area contributed by atoms with Crippen LogP contribution in [0.5, 0.6) is 0 Å². The Hall–Kier alpha value is -1.44. The molecule has 0 N–H and O–H groups in total. The van der Waals surface area contributed by atoms with E-state index in [1.807, 2.05) is 13.8 Å². The van der Waals surface area contributed by atoms with Crippen molar-refractivity contribution in [3.63, 3.8) is 0 Å². The van der Waals surface area contributed by atoms with Crippen molar-refractivity contribution in [3.05, 3.63) is 34.8 Å². The lowest BCUT2D eigenvalue weighted by Gasteiger charge is -2.27. The molecule has 0 spiro atoms. The van der Waals surface area contributed by atoms with Crippen LogP contribution in [0.1, 0.15) is 10.6 Å². The van der Waals surface area contributed by atoms with Gasteiger partial charge in [0.15, 0.2) is 5.03 Å². The molecule has 7 heteroatoms. The molecule has 0 bridgehead atoms. The molecular weight excluding hydrogens is 320 g/mol. The monoisotopic (exact) mass is 338 g/mol. The first-order valence-corrected chi connectivity index (χ1v) is 9.40. The number of aryl methyl sites for hydroxylation is 2. The molecule has 0 radical (unpaired) electrons. The first-order chi connectivity index (χ1) is 10.5. The van der Waals surface area contributed by atoms with E-state index in [1.54, 1.807) is 24.3 Å². The second kappa shape index (κ2) is 5.98. The molecule has 0 unspecified atom stereocenters. The first-order valence-electron chi connectivity index (χ1n) is 7.10. The minimum absolute atomic E-state index is 0.167. The molecule has 5 nitrogen and oxygen atoms in total. The second-order valence-electron chi connectivity index (χ2n) is 5.26. The highest BCUT2D eigenvalue weighted by Crippen LogP contribution is 2.35. The number of benzene rings is 1. The van der Waals surface area contributed by atoms with E-state index in [0.29, 0.717) is 26.3 Å². The van der Waals surface area contributed by atoms with Crippen molar-refractivity contribution in [1.82, 2.24) is 4.98 Å². The number of rotatable bonds is 3. The Morgan fingerprint density at radius 1 is 1.14 bits per heavy atom. The topological polar surface area (TPSA) is 59.5 Å². The van der Waals surface area contributed by atoms with Gasteiger partial charge < -0.3 is 9.64 Å². The van der Waals surface area contributed by atoms with Crippen LogP contribution in [0.2, 0.25) is 0 Å². The normalized spacial score (nSPS) is 16.0. The van der Waals surface area contributed by atoms with Gasteiger partial charge in [0.05, 0.1) is 23.1 Å². The summed E-state index contributed by atoms with van der Waals surface area (Å²) >= 11 is 1.43. The zero-order valence-electron chi connectivity index (χ0n) is 12.6. The van der Waals surface area contributed by atoms with E-state index in [1.165, 1.54) is 11.3 Å². The van der Waals surface area contributed by atoms with Crippen LogP contribution in [-0.2, 0) is 14.6 Å². The molecule has 1 aromatic carbocycles. The van der Waals surface area contributed by atoms with E-state index in [0.717, 1.165) is 15.6 Å². The van der Waals surface area contributed by atoms with Gasteiger partial charge in [0.2, 0.25) is 9.84 Å². The number of morpholine rings is 1. The molecule has 118 valence electrons. The number of sulfone groups is 1. The molecule has 1 aliphatic rings. The van der Waals surface area contributed by atoms with Crippen LogP contribution < -0.4 is 4.90 Å². The highest BCUT2D eigenvalue weighted by atomic mass is 32.2. The predicted molar refractivity (Wildman–Crippen MR) is 86.5 cm³/mol. The Labute approximate surface area is 134 Å². The van der Waals surface area contributed by atoms with Crippen LogP contribution in [-0.4, -0.2) is 39.7 Å². The second-order valence-corrected chi connectivity index (χ2v) is 8.31. The number of thiazole rings is 1. The smallest absolute Gasteiger partial charge is 0.226 e. The fourth-order valence-corrected chi connectivity index (χ4v) is 5.07. The lowest BCUT2D eigenvalue weighted by molar-refractivity contribution is 0.123. The Bertz CT molecular complexity index is 761. The van der Waals surface area contributed by atoms with E-state index in [2.05, 4.69) is 9.88 Å². The highest BCUT2D eigenvalue weighted by molar-refractivity contribution is 7.91. The summed E-state index contributed by atoms with van der Waals surface area (Å²) in [4.78, 5) is 6.64. The molecule has 1 aliphatic heterocycles. The summed E-state index contributed by atoms with van der Waals surface area (Å²) in [7, 11) is -3.60. The summed E-state index contributed by atoms with van der Waals surface area (Å²) in [6, 6.07) is 6.89. The van der Waals surface area contributed by atoms with Gasteiger partial charge in [0, 0.05) is 13.1 Å². The Morgan fingerprint density at radius 3 is 2.41 bits per heavy atom. The van der Waals surface area contributed by atoms with Crippen LogP contribution in [0.4, 0.5) is 5.00 Å². The first kappa shape index (κ1) is 15.5. The van der Waals surface area contributed by atoms with E-state index in [4.69, 9.17) is 4.74 Å². The zero-order valence-corrected chi connectivity index (χ0v) is 14.2. The maximum absolute atomic E-state index is 12.9. The lowest BCUT2D eigenvalue weighted by Crippen LogP contribution is -2.36. The summed E-state index contributed by atoms with van der Waals surface area (Å²) < 4.78 is 31.2. The Kier molecular flexibility index (Phi) is 4.20. The number of anilines is 1. The van der Waals surface area contributed by atoms with Gasteiger partial charge in [-0.25, -0.2) is 13.4 Å². The van der Waals surface area contributed by atoms with Crippen LogP contribution in [0.3, 0.4) is 0 Å². The van der Waals surface area contributed by atoms with Crippen molar-refractivity contribution in [2.75, 3.05) is 31.2 Å². The van der Waals surface area contributed by atoms with Gasteiger partial charge in [-0.3, -0.25) is 0 Å². The molecule has 0 atom stereocenters. The van der Waals surface area contributed by atoms with Crippen LogP contribution in [0.25, 0.3) is 0 Å². The van der Waals surface area contributed by atoms with Gasteiger partial charge in [0.1, 0.15) is 5.00 Å². The predicted octanol–water partition coefficient (Wildman–Crippen LogP) is 2.43. The molecule has 1 saturated heterocycles. The zero-order chi connectivity index (χ0) is 15.7. The molecule has 3 rings (SSSR count). The van der Waals surface area contributed by atoms with Crippen LogP contribution in [0.15, 0.2) is 34.2 Å². The van der Waals surface area contributed by atoms with Crippen molar-refractivity contribution in [2.24, 2.45) is 0 Å². The molecule has 2 aromatic rings. The van der Waals surface area contributed by atoms with Crippen molar-refractivity contribution in [1.29, 1.82) is 0 Å². The van der Waals surface area contributed by atoms with Crippen LogP contribution in [0, 0.1) is 13.8 Å². The largest absolute Gasteiger partial charge is 0.378 e. The third kappa shape index (κ3) is 2.88. The Balaban J connectivity index is 2.05. The Morgan fingerprint density at radius 2 is 1.77 bits per heavy atom. The van der Waals surface area contributed by atoms with Crippen molar-refractivity contribution in [3.8, 4) is 0 Å². The molecule has 1 aromatic heterocycles. The maximum atomic E-state index is 12.9. The summed E-state index contributed by atoms with van der Waals surface area (Å²) in [6.45, 7) is 6.38. The van der Waals surface area contributed by atoms with Gasteiger partial charge in [-0.1, -0.05) is 17.7 Å². The quantitative estimate of drug-likeness (QED) is 0.860. The standard InChI is InChI=1S/C15H18N2O3S2/c1-11-3-5-13(6-4-11)22(18,19)14-15(21-12(2)16-14)17-7-9-20-10-8-17/h3-6H,7-10H2,1-2H3. The third-order valence-corrected chi connectivity index (χ3v) is 6.42.